The van der Waals surface area contributed by atoms with Gasteiger partial charge in [0.15, 0.2) is 11.0 Å². The third-order valence-corrected chi connectivity index (χ3v) is 5.09. The van der Waals surface area contributed by atoms with Gasteiger partial charge in [-0.2, -0.15) is 4.98 Å². The molecule has 8 nitrogen and oxygen atoms in total. The summed E-state index contributed by atoms with van der Waals surface area (Å²) in [7, 11) is 0. The highest BCUT2D eigenvalue weighted by Crippen LogP contribution is 2.27. The van der Waals surface area contributed by atoms with Crippen LogP contribution in [0.3, 0.4) is 0 Å². The molecule has 0 aliphatic rings. The van der Waals surface area contributed by atoms with Crippen molar-refractivity contribution in [2.75, 3.05) is 5.32 Å². The van der Waals surface area contributed by atoms with E-state index in [0.717, 1.165) is 27.5 Å². The van der Waals surface area contributed by atoms with E-state index in [4.69, 9.17) is 0 Å². The molecule has 1 aromatic carbocycles. The summed E-state index contributed by atoms with van der Waals surface area (Å²) in [5, 5.41) is 8.00. The van der Waals surface area contributed by atoms with Crippen LogP contribution < -0.4 is 5.32 Å². The number of hydrogen-bond donors (Lipinski definition) is 1. The number of carbonyl (C=O) groups is 1. The number of benzene rings is 1. The first-order valence-corrected chi connectivity index (χ1v) is 9.85. The molecule has 1 amide bonds. The number of nitrogens with one attached hydrogen (secondary N) is 1. The third kappa shape index (κ3) is 4.40. The van der Waals surface area contributed by atoms with Crippen LogP contribution in [0.1, 0.15) is 22.8 Å². The predicted molar refractivity (Wildman–Crippen MR) is 110 cm³/mol. The lowest BCUT2D eigenvalue weighted by atomic mass is 10.2. The number of carbonyl (C=O) groups excluding carboxylic acids is 1. The molecule has 0 aliphatic carbocycles. The van der Waals surface area contributed by atoms with E-state index in [1.54, 1.807) is 23.0 Å². The predicted octanol–water partition coefficient (Wildman–Crippen LogP) is 3.17. The van der Waals surface area contributed by atoms with Crippen LogP contribution in [0.2, 0.25) is 0 Å². The topological polar surface area (TPSA) is 98.0 Å². The molecule has 0 bridgehead atoms. The van der Waals surface area contributed by atoms with Crippen molar-refractivity contribution in [2.24, 2.45) is 0 Å². The zero-order chi connectivity index (χ0) is 20.4. The second kappa shape index (κ2) is 7.96. The molecular formula is C20H19N7OS. The molecule has 3 heterocycles. The molecule has 0 spiro atoms. The van der Waals surface area contributed by atoms with Crippen molar-refractivity contribution in [3.63, 3.8) is 0 Å². The Bertz CT molecular complexity index is 1190. The molecule has 29 heavy (non-hydrogen) atoms. The Morgan fingerprint density at radius 3 is 2.66 bits per heavy atom. The average molecular weight is 405 g/mol. The molecule has 4 rings (SSSR count). The highest BCUT2D eigenvalue weighted by Gasteiger charge is 2.13. The third-order valence-electron chi connectivity index (χ3n) is 4.20. The molecule has 4 aromatic rings. The minimum Gasteiger partial charge on any atom is -0.325 e. The highest BCUT2D eigenvalue weighted by molar-refractivity contribution is 7.99. The Hall–Kier alpha value is -3.33. The van der Waals surface area contributed by atoms with E-state index < -0.39 is 0 Å². The molecule has 0 radical (unpaired) electrons. The number of rotatable bonds is 5. The van der Waals surface area contributed by atoms with Gasteiger partial charge in [0.05, 0.1) is 6.42 Å². The van der Waals surface area contributed by atoms with Crippen LogP contribution in [0.5, 0.6) is 0 Å². The summed E-state index contributed by atoms with van der Waals surface area (Å²) in [5.74, 6) is 0.769. The minimum absolute atomic E-state index is 0.0790. The number of fused-ring (bicyclic) bond motifs is 1. The SMILES string of the molecule is Cc1cc(C)n2nc(CC(=O)Nc3ccc(Sc4ncccn4)cc3C)nc2n1. The van der Waals surface area contributed by atoms with Crippen LogP contribution in [-0.4, -0.2) is 35.5 Å². The number of aromatic nitrogens is 6. The number of aryl methyl sites for hydroxylation is 3. The van der Waals surface area contributed by atoms with Crippen molar-refractivity contribution in [1.29, 1.82) is 0 Å². The second-order valence-corrected chi connectivity index (χ2v) is 7.65. The Kier molecular flexibility index (Phi) is 5.22. The van der Waals surface area contributed by atoms with Gasteiger partial charge in [0.1, 0.15) is 0 Å². The number of amides is 1. The van der Waals surface area contributed by atoms with Gasteiger partial charge >= 0.3 is 0 Å². The van der Waals surface area contributed by atoms with Gasteiger partial charge in [-0.25, -0.2) is 19.5 Å². The van der Waals surface area contributed by atoms with Crippen molar-refractivity contribution in [3.8, 4) is 0 Å². The van der Waals surface area contributed by atoms with Crippen molar-refractivity contribution >= 4 is 29.1 Å². The van der Waals surface area contributed by atoms with Crippen molar-refractivity contribution < 1.29 is 4.79 Å². The average Bonchev–Trinajstić information content (AvgIpc) is 3.07. The van der Waals surface area contributed by atoms with E-state index >= 15 is 0 Å². The van der Waals surface area contributed by atoms with Crippen LogP contribution in [0.15, 0.2) is 52.8 Å². The maximum atomic E-state index is 12.5. The summed E-state index contributed by atoms with van der Waals surface area (Å²) in [5.41, 5.74) is 3.50. The summed E-state index contributed by atoms with van der Waals surface area (Å²) >= 11 is 1.47. The zero-order valence-corrected chi connectivity index (χ0v) is 17.1. The summed E-state index contributed by atoms with van der Waals surface area (Å²) < 4.78 is 1.65. The van der Waals surface area contributed by atoms with Gasteiger partial charge < -0.3 is 5.32 Å². The van der Waals surface area contributed by atoms with E-state index in [1.165, 1.54) is 11.8 Å². The van der Waals surface area contributed by atoms with Gasteiger partial charge in [0.25, 0.3) is 5.78 Å². The molecule has 146 valence electrons. The zero-order valence-electron chi connectivity index (χ0n) is 16.2. The van der Waals surface area contributed by atoms with Crippen LogP contribution in [0.25, 0.3) is 5.78 Å². The van der Waals surface area contributed by atoms with Gasteiger partial charge in [-0.15, -0.1) is 5.10 Å². The molecule has 1 N–H and O–H groups in total. The van der Waals surface area contributed by atoms with Crippen molar-refractivity contribution in [1.82, 2.24) is 29.5 Å². The second-order valence-electron chi connectivity index (χ2n) is 6.61. The summed E-state index contributed by atoms with van der Waals surface area (Å²) in [6.45, 7) is 5.79. The van der Waals surface area contributed by atoms with Gasteiger partial charge in [0, 0.05) is 34.4 Å². The molecular weight excluding hydrogens is 386 g/mol. The Morgan fingerprint density at radius 2 is 1.90 bits per heavy atom. The largest absolute Gasteiger partial charge is 0.325 e. The first kappa shape index (κ1) is 19.0. The highest BCUT2D eigenvalue weighted by atomic mass is 32.2. The minimum atomic E-state index is -0.176. The molecule has 0 fully saturated rings. The van der Waals surface area contributed by atoms with E-state index in [1.807, 2.05) is 45.0 Å². The van der Waals surface area contributed by atoms with E-state index in [2.05, 4.69) is 30.4 Å². The maximum absolute atomic E-state index is 12.5. The van der Waals surface area contributed by atoms with Crippen molar-refractivity contribution in [3.05, 3.63) is 65.5 Å². The smallest absolute Gasteiger partial charge is 0.252 e. The van der Waals surface area contributed by atoms with E-state index in [9.17, 15) is 4.79 Å². The lowest BCUT2D eigenvalue weighted by Gasteiger charge is -2.09. The van der Waals surface area contributed by atoms with E-state index in [-0.39, 0.29) is 12.3 Å². The monoisotopic (exact) mass is 405 g/mol. The number of anilines is 1. The maximum Gasteiger partial charge on any atom is 0.252 e. The van der Waals surface area contributed by atoms with Crippen molar-refractivity contribution in [2.45, 2.75) is 37.2 Å². The van der Waals surface area contributed by atoms with Crippen LogP contribution >= 0.6 is 11.8 Å². The van der Waals surface area contributed by atoms with Crippen LogP contribution in [0, 0.1) is 20.8 Å². The first-order valence-electron chi connectivity index (χ1n) is 9.03. The lowest BCUT2D eigenvalue weighted by molar-refractivity contribution is -0.115. The number of hydrogen-bond acceptors (Lipinski definition) is 7. The molecule has 0 atom stereocenters. The molecule has 0 saturated carbocycles. The van der Waals surface area contributed by atoms with Gasteiger partial charge in [0.2, 0.25) is 5.91 Å². The van der Waals surface area contributed by atoms with Gasteiger partial charge in [-0.05, 0) is 68.4 Å². The fourth-order valence-corrected chi connectivity index (χ4v) is 3.71. The Balaban J connectivity index is 1.45. The molecule has 0 unspecified atom stereocenters. The molecule has 0 aliphatic heterocycles. The van der Waals surface area contributed by atoms with Gasteiger partial charge in [-0.1, -0.05) is 0 Å². The quantitative estimate of drug-likeness (QED) is 0.509. The summed E-state index contributed by atoms with van der Waals surface area (Å²) in [6, 6.07) is 9.52. The molecule has 0 saturated heterocycles. The normalized spacial score (nSPS) is 11.0. The van der Waals surface area contributed by atoms with E-state index in [0.29, 0.717) is 16.8 Å². The first-order chi connectivity index (χ1) is 14.0. The fourth-order valence-electron chi connectivity index (χ4n) is 2.90. The lowest BCUT2D eigenvalue weighted by Crippen LogP contribution is -2.16. The summed E-state index contributed by atoms with van der Waals surface area (Å²) in [6.07, 6.45) is 3.50. The van der Waals surface area contributed by atoms with Gasteiger partial charge in [-0.3, -0.25) is 4.79 Å². The van der Waals surface area contributed by atoms with Crippen LogP contribution in [-0.2, 0) is 11.2 Å². The molecule has 9 heteroatoms. The number of nitrogens with zero attached hydrogens (tertiary/aromatic N) is 6. The summed E-state index contributed by atoms with van der Waals surface area (Å²) in [4.78, 5) is 30.6. The Morgan fingerprint density at radius 1 is 1.10 bits per heavy atom. The Labute approximate surface area is 171 Å². The van der Waals surface area contributed by atoms with Crippen LogP contribution in [0.4, 0.5) is 5.69 Å². The fraction of sp³-hybridized carbons (Fsp3) is 0.200. The standard InChI is InChI=1S/C20H19N7OS/c1-12-9-15(29-20-21-7-4-8-22-20)5-6-16(12)24-18(28)11-17-25-19-23-13(2)10-14(3)27(19)26-17/h4-10H,11H2,1-3H3,(H,24,28). The molecule has 3 aromatic heterocycles.